The summed E-state index contributed by atoms with van der Waals surface area (Å²) in [4.78, 5) is 0. The molecule has 3 aromatic rings. The molecule has 34 heavy (non-hydrogen) atoms. The van der Waals surface area contributed by atoms with Gasteiger partial charge in [-0.05, 0) is 97.7 Å². The van der Waals surface area contributed by atoms with Gasteiger partial charge in [-0.1, -0.05) is 36.4 Å². The zero-order valence-electron chi connectivity index (χ0n) is 19.5. The van der Waals surface area contributed by atoms with Crippen molar-refractivity contribution < 1.29 is 23.0 Å². The first-order valence-corrected chi connectivity index (χ1v) is 12.1. The van der Waals surface area contributed by atoms with Crippen molar-refractivity contribution in [3.63, 3.8) is 0 Å². The molecule has 0 spiro atoms. The van der Waals surface area contributed by atoms with Gasteiger partial charge in [0.05, 0.1) is 6.61 Å². The number of hydrogen-bond donors (Lipinski definition) is 1. The van der Waals surface area contributed by atoms with Crippen LogP contribution in [0.5, 0.6) is 5.75 Å². The summed E-state index contributed by atoms with van der Waals surface area (Å²) in [5.41, 5.74) is 2.73. The fourth-order valence-electron chi connectivity index (χ4n) is 4.98. The Hall–Kier alpha value is -2.79. The van der Waals surface area contributed by atoms with Crippen molar-refractivity contribution in [2.24, 2.45) is 5.92 Å². The lowest BCUT2D eigenvalue weighted by atomic mass is 9.76. The summed E-state index contributed by atoms with van der Waals surface area (Å²) in [6, 6.07) is 14.7. The SMILES string of the molecule is CCOCc1ccc(C2CCC(CCc3ccc(-c4ccc(O)cc4)c(F)c3F)CC2)c(F)c1. The quantitative estimate of drug-likeness (QED) is 0.364. The van der Waals surface area contributed by atoms with E-state index < -0.39 is 11.6 Å². The molecule has 1 saturated carbocycles. The minimum Gasteiger partial charge on any atom is -0.508 e. The maximum Gasteiger partial charge on any atom is 0.166 e. The zero-order valence-corrected chi connectivity index (χ0v) is 19.5. The maximum absolute atomic E-state index is 14.7. The summed E-state index contributed by atoms with van der Waals surface area (Å²) in [6.07, 6.45) is 5.00. The second kappa shape index (κ2) is 11.1. The van der Waals surface area contributed by atoms with Crippen molar-refractivity contribution in [2.45, 2.75) is 58.0 Å². The Morgan fingerprint density at radius 1 is 0.882 bits per heavy atom. The van der Waals surface area contributed by atoms with Crippen LogP contribution < -0.4 is 0 Å². The van der Waals surface area contributed by atoms with Crippen LogP contribution in [0.4, 0.5) is 13.2 Å². The summed E-state index contributed by atoms with van der Waals surface area (Å²) < 4.78 is 49.5. The van der Waals surface area contributed by atoms with E-state index in [0.29, 0.717) is 36.7 Å². The van der Waals surface area contributed by atoms with E-state index in [-0.39, 0.29) is 23.0 Å². The molecule has 180 valence electrons. The molecule has 1 fully saturated rings. The van der Waals surface area contributed by atoms with Crippen LogP contribution in [-0.4, -0.2) is 11.7 Å². The Balaban J connectivity index is 1.33. The van der Waals surface area contributed by atoms with Crippen LogP contribution in [-0.2, 0) is 17.8 Å². The van der Waals surface area contributed by atoms with Gasteiger partial charge in [-0.15, -0.1) is 0 Å². The van der Waals surface area contributed by atoms with E-state index in [1.165, 1.54) is 12.1 Å². The lowest BCUT2D eigenvalue weighted by Crippen LogP contribution is -2.15. The zero-order chi connectivity index (χ0) is 24.1. The monoisotopic (exact) mass is 468 g/mol. The molecule has 5 heteroatoms. The summed E-state index contributed by atoms with van der Waals surface area (Å²) >= 11 is 0. The van der Waals surface area contributed by atoms with E-state index in [0.717, 1.165) is 43.2 Å². The number of phenolic OH excluding ortho intramolecular Hbond substituents is 1. The van der Waals surface area contributed by atoms with Crippen LogP contribution in [0.15, 0.2) is 54.6 Å². The first-order valence-electron chi connectivity index (χ1n) is 12.1. The molecule has 0 atom stereocenters. The molecule has 0 saturated heterocycles. The number of halogens is 3. The van der Waals surface area contributed by atoms with E-state index in [4.69, 9.17) is 4.74 Å². The third kappa shape index (κ3) is 5.64. The molecular weight excluding hydrogens is 437 g/mol. The van der Waals surface area contributed by atoms with Gasteiger partial charge in [0.15, 0.2) is 11.6 Å². The number of aromatic hydroxyl groups is 1. The third-order valence-electron chi connectivity index (χ3n) is 6.99. The summed E-state index contributed by atoms with van der Waals surface area (Å²) in [5, 5.41) is 9.41. The molecule has 4 rings (SSSR count). The van der Waals surface area contributed by atoms with E-state index in [1.807, 2.05) is 19.1 Å². The van der Waals surface area contributed by atoms with Crippen molar-refractivity contribution in [1.29, 1.82) is 0 Å². The second-order valence-electron chi connectivity index (χ2n) is 9.20. The van der Waals surface area contributed by atoms with Crippen LogP contribution in [0.1, 0.15) is 61.6 Å². The number of ether oxygens (including phenoxy) is 1. The average molecular weight is 469 g/mol. The number of benzene rings is 3. The van der Waals surface area contributed by atoms with Gasteiger partial charge in [0.1, 0.15) is 11.6 Å². The minimum atomic E-state index is -0.852. The van der Waals surface area contributed by atoms with Crippen molar-refractivity contribution in [3.05, 3.63) is 88.7 Å². The van der Waals surface area contributed by atoms with Crippen LogP contribution in [0.3, 0.4) is 0 Å². The van der Waals surface area contributed by atoms with Crippen molar-refractivity contribution >= 4 is 0 Å². The largest absolute Gasteiger partial charge is 0.508 e. The third-order valence-corrected chi connectivity index (χ3v) is 6.99. The fraction of sp³-hybridized carbons (Fsp3) is 0.379. The van der Waals surface area contributed by atoms with E-state index >= 15 is 0 Å². The molecule has 0 aliphatic heterocycles. The maximum atomic E-state index is 14.7. The van der Waals surface area contributed by atoms with Gasteiger partial charge in [0.2, 0.25) is 0 Å². The molecule has 0 bridgehead atoms. The number of phenols is 1. The molecule has 1 N–H and O–H groups in total. The Labute approximate surface area is 199 Å². The fourth-order valence-corrected chi connectivity index (χ4v) is 4.98. The molecule has 2 nitrogen and oxygen atoms in total. The van der Waals surface area contributed by atoms with E-state index in [2.05, 4.69) is 0 Å². The van der Waals surface area contributed by atoms with Crippen LogP contribution in [0.2, 0.25) is 0 Å². The van der Waals surface area contributed by atoms with Crippen molar-refractivity contribution in [3.8, 4) is 16.9 Å². The Morgan fingerprint density at radius 2 is 1.62 bits per heavy atom. The van der Waals surface area contributed by atoms with Gasteiger partial charge in [-0.3, -0.25) is 0 Å². The molecule has 0 aromatic heterocycles. The minimum absolute atomic E-state index is 0.0808. The molecule has 0 amide bonds. The predicted octanol–water partition coefficient (Wildman–Crippen LogP) is 7.92. The lowest BCUT2D eigenvalue weighted by Gasteiger charge is -2.29. The lowest BCUT2D eigenvalue weighted by molar-refractivity contribution is 0.134. The molecule has 1 aliphatic rings. The molecule has 0 heterocycles. The van der Waals surface area contributed by atoms with Crippen LogP contribution >= 0.6 is 0 Å². The highest BCUT2D eigenvalue weighted by molar-refractivity contribution is 5.65. The van der Waals surface area contributed by atoms with Gasteiger partial charge < -0.3 is 9.84 Å². The molecule has 3 aromatic carbocycles. The van der Waals surface area contributed by atoms with Crippen molar-refractivity contribution in [2.75, 3.05) is 6.61 Å². The summed E-state index contributed by atoms with van der Waals surface area (Å²) in [5.74, 6) is -1.10. The Kier molecular flexibility index (Phi) is 7.94. The first kappa shape index (κ1) is 24.3. The van der Waals surface area contributed by atoms with Crippen LogP contribution in [0.25, 0.3) is 11.1 Å². The Morgan fingerprint density at radius 3 is 2.29 bits per heavy atom. The highest BCUT2D eigenvalue weighted by atomic mass is 19.2. The van der Waals surface area contributed by atoms with Gasteiger partial charge in [0.25, 0.3) is 0 Å². The molecular formula is C29H31F3O2. The van der Waals surface area contributed by atoms with Gasteiger partial charge in [0, 0.05) is 12.2 Å². The molecule has 0 unspecified atom stereocenters. The Bertz CT molecular complexity index is 1100. The normalized spacial score (nSPS) is 18.2. The highest BCUT2D eigenvalue weighted by Gasteiger charge is 2.25. The van der Waals surface area contributed by atoms with Crippen molar-refractivity contribution in [1.82, 2.24) is 0 Å². The molecule has 0 radical (unpaired) electrons. The van der Waals surface area contributed by atoms with E-state index in [9.17, 15) is 18.3 Å². The topological polar surface area (TPSA) is 29.5 Å². The van der Waals surface area contributed by atoms with Gasteiger partial charge in [-0.25, -0.2) is 13.2 Å². The smallest absolute Gasteiger partial charge is 0.166 e. The molecule has 1 aliphatic carbocycles. The van der Waals surface area contributed by atoms with Crippen LogP contribution in [0, 0.1) is 23.4 Å². The predicted molar refractivity (Wildman–Crippen MR) is 128 cm³/mol. The van der Waals surface area contributed by atoms with Gasteiger partial charge in [-0.2, -0.15) is 0 Å². The first-order chi connectivity index (χ1) is 16.5. The summed E-state index contributed by atoms with van der Waals surface area (Å²) in [7, 11) is 0. The average Bonchev–Trinajstić information content (AvgIpc) is 2.85. The van der Waals surface area contributed by atoms with Gasteiger partial charge >= 0.3 is 0 Å². The standard InChI is InChI=1S/C29H31F3O2/c1-2-34-18-20-6-15-25(27(30)17-20)21-7-3-19(4-8-21)5-9-23-12-16-26(29(32)28(23)31)22-10-13-24(33)14-11-22/h6,10-17,19,21,33H,2-5,7-9,18H2,1H3. The number of rotatable bonds is 8. The number of aryl methyl sites for hydroxylation is 1. The number of hydrogen-bond acceptors (Lipinski definition) is 2. The summed E-state index contributed by atoms with van der Waals surface area (Å²) in [6.45, 7) is 2.95. The van der Waals surface area contributed by atoms with E-state index in [1.54, 1.807) is 30.3 Å². The second-order valence-corrected chi connectivity index (χ2v) is 9.20. The highest BCUT2D eigenvalue weighted by Crippen LogP contribution is 2.39.